The van der Waals surface area contributed by atoms with Crippen molar-refractivity contribution < 1.29 is 0 Å². The number of hydrogen-bond donors (Lipinski definition) is 0. The lowest BCUT2D eigenvalue weighted by Crippen LogP contribution is -2.03. The molecule has 0 saturated carbocycles. The Morgan fingerprint density at radius 1 is 0.700 bits per heavy atom. The molecular formula is C35H25N5. The van der Waals surface area contributed by atoms with Gasteiger partial charge >= 0.3 is 0 Å². The van der Waals surface area contributed by atoms with Crippen LogP contribution in [-0.4, -0.2) is 25.3 Å². The highest BCUT2D eigenvalue weighted by molar-refractivity contribution is 6.18. The average Bonchev–Trinajstić information content (AvgIpc) is 3.60. The minimum atomic E-state index is 0.602. The molecule has 0 fully saturated rings. The predicted octanol–water partition coefficient (Wildman–Crippen LogP) is 8.41. The Labute approximate surface area is 231 Å². The van der Waals surface area contributed by atoms with Crippen molar-refractivity contribution in [3.8, 4) is 22.9 Å². The average molecular weight is 516 g/mol. The first-order valence-electron chi connectivity index (χ1n) is 13.2. The number of benzene rings is 4. The number of hydrogen-bond acceptors (Lipinski definition) is 3. The van der Waals surface area contributed by atoms with Gasteiger partial charge in [0.05, 0.1) is 27.9 Å². The molecule has 0 radical (unpaired) electrons. The van der Waals surface area contributed by atoms with Crippen molar-refractivity contribution in [2.45, 2.75) is 0 Å². The third kappa shape index (κ3) is 4.01. The van der Waals surface area contributed by atoms with E-state index >= 15 is 0 Å². The molecule has 0 saturated heterocycles. The van der Waals surface area contributed by atoms with Crippen LogP contribution in [0.15, 0.2) is 139 Å². The quantitative estimate of drug-likeness (QED) is 0.209. The predicted molar refractivity (Wildman–Crippen MR) is 166 cm³/mol. The minimum Gasteiger partial charge on any atom is -0.309 e. The molecule has 0 atom stereocenters. The standard InChI is InChI=1S/C35H25N5/c1-2-21-36-22-19-26-24-31(25-11-5-3-6-12-25)38-35(37-26)39-23-20-30-32(39)18-17-29-28-15-9-10-16-33(28)40(34(29)30)27-13-7-4-8-14-27/h2-24H,1H2/b22-19+,36-21-. The topological polar surface area (TPSA) is 48.0 Å². The molecule has 0 amide bonds. The fourth-order valence-electron chi connectivity index (χ4n) is 5.33. The Kier molecular flexibility index (Phi) is 5.87. The van der Waals surface area contributed by atoms with Gasteiger partial charge in [0.25, 0.3) is 0 Å². The Morgan fingerprint density at radius 3 is 2.30 bits per heavy atom. The van der Waals surface area contributed by atoms with Gasteiger partial charge in [-0.05, 0) is 42.5 Å². The van der Waals surface area contributed by atoms with Crippen LogP contribution in [0.2, 0.25) is 0 Å². The number of rotatable bonds is 6. The third-order valence-electron chi connectivity index (χ3n) is 7.06. The molecule has 3 heterocycles. The van der Waals surface area contributed by atoms with Crippen LogP contribution in [0.1, 0.15) is 5.69 Å². The van der Waals surface area contributed by atoms with E-state index in [9.17, 15) is 0 Å². The van der Waals surface area contributed by atoms with Gasteiger partial charge in [-0.1, -0.05) is 85.5 Å². The second-order valence-corrected chi connectivity index (χ2v) is 9.46. The molecule has 3 aromatic heterocycles. The van der Waals surface area contributed by atoms with E-state index in [-0.39, 0.29) is 0 Å². The summed E-state index contributed by atoms with van der Waals surface area (Å²) < 4.78 is 4.42. The van der Waals surface area contributed by atoms with E-state index in [1.807, 2.05) is 30.3 Å². The van der Waals surface area contributed by atoms with Crippen molar-refractivity contribution in [2.75, 3.05) is 0 Å². The second-order valence-electron chi connectivity index (χ2n) is 9.46. The number of nitrogens with zero attached hydrogens (tertiary/aromatic N) is 5. The summed E-state index contributed by atoms with van der Waals surface area (Å²) in [4.78, 5) is 14.1. The van der Waals surface area contributed by atoms with Crippen molar-refractivity contribution in [1.29, 1.82) is 0 Å². The van der Waals surface area contributed by atoms with Crippen LogP contribution in [0.4, 0.5) is 0 Å². The lowest BCUT2D eigenvalue weighted by atomic mass is 10.1. The smallest absolute Gasteiger partial charge is 0.235 e. The highest BCUT2D eigenvalue weighted by Gasteiger charge is 2.17. The molecule has 0 aliphatic carbocycles. The number of aliphatic imine (C=N–C) groups is 1. The van der Waals surface area contributed by atoms with Gasteiger partial charge in [-0.25, -0.2) is 9.97 Å². The monoisotopic (exact) mass is 515 g/mol. The Bertz CT molecular complexity index is 2060. The van der Waals surface area contributed by atoms with Crippen LogP contribution in [0, 0.1) is 0 Å². The van der Waals surface area contributed by atoms with Gasteiger partial charge < -0.3 is 4.57 Å². The maximum absolute atomic E-state index is 5.00. The molecule has 0 aliphatic rings. The Morgan fingerprint density at radius 2 is 1.48 bits per heavy atom. The van der Waals surface area contributed by atoms with E-state index in [1.54, 1.807) is 18.5 Å². The van der Waals surface area contributed by atoms with Crippen molar-refractivity contribution in [3.63, 3.8) is 0 Å². The van der Waals surface area contributed by atoms with E-state index in [1.165, 1.54) is 21.8 Å². The fraction of sp³-hybridized carbons (Fsp3) is 0. The summed E-state index contributed by atoms with van der Waals surface area (Å²) in [5.74, 6) is 0.602. The first kappa shape index (κ1) is 23.6. The zero-order valence-corrected chi connectivity index (χ0v) is 21.7. The van der Waals surface area contributed by atoms with Crippen LogP contribution >= 0.6 is 0 Å². The van der Waals surface area contributed by atoms with E-state index in [4.69, 9.17) is 9.97 Å². The van der Waals surface area contributed by atoms with Crippen LogP contribution in [0.5, 0.6) is 0 Å². The maximum Gasteiger partial charge on any atom is 0.235 e. The maximum atomic E-state index is 5.00. The van der Waals surface area contributed by atoms with E-state index in [0.717, 1.165) is 33.5 Å². The molecular weight excluding hydrogens is 490 g/mol. The lowest BCUT2D eigenvalue weighted by molar-refractivity contribution is 0.960. The van der Waals surface area contributed by atoms with E-state index in [0.29, 0.717) is 5.95 Å². The van der Waals surface area contributed by atoms with Gasteiger partial charge in [-0.3, -0.25) is 9.56 Å². The lowest BCUT2D eigenvalue weighted by Gasteiger charge is -2.10. The summed E-state index contributed by atoms with van der Waals surface area (Å²) >= 11 is 0. The molecule has 0 unspecified atom stereocenters. The summed E-state index contributed by atoms with van der Waals surface area (Å²) in [6.07, 6.45) is 8.96. The van der Waals surface area contributed by atoms with Crippen molar-refractivity contribution in [1.82, 2.24) is 19.1 Å². The van der Waals surface area contributed by atoms with Gasteiger partial charge in [-0.15, -0.1) is 0 Å². The van der Waals surface area contributed by atoms with Gasteiger partial charge in [-0.2, -0.15) is 0 Å². The molecule has 190 valence electrons. The minimum absolute atomic E-state index is 0.602. The van der Waals surface area contributed by atoms with Gasteiger partial charge in [0.15, 0.2) is 0 Å². The van der Waals surface area contributed by atoms with Crippen LogP contribution < -0.4 is 0 Å². The van der Waals surface area contributed by atoms with Gasteiger partial charge in [0.1, 0.15) is 0 Å². The van der Waals surface area contributed by atoms with E-state index < -0.39 is 0 Å². The molecule has 40 heavy (non-hydrogen) atoms. The molecule has 5 nitrogen and oxygen atoms in total. The molecule has 0 N–H and O–H groups in total. The summed E-state index contributed by atoms with van der Waals surface area (Å²) in [6, 6.07) is 37.8. The molecule has 5 heteroatoms. The van der Waals surface area contributed by atoms with E-state index in [2.05, 4.69) is 112 Å². The zero-order chi connectivity index (χ0) is 26.9. The summed E-state index contributed by atoms with van der Waals surface area (Å²) in [5.41, 5.74) is 7.16. The van der Waals surface area contributed by atoms with Gasteiger partial charge in [0, 0.05) is 46.0 Å². The Hall–Kier alpha value is -5.55. The van der Waals surface area contributed by atoms with Crippen molar-refractivity contribution >= 4 is 45.0 Å². The number of fused-ring (bicyclic) bond motifs is 5. The normalized spacial score (nSPS) is 11.9. The Balaban J connectivity index is 1.48. The molecule has 0 aliphatic heterocycles. The third-order valence-corrected chi connectivity index (χ3v) is 7.06. The summed E-state index contributed by atoms with van der Waals surface area (Å²) in [7, 11) is 0. The number of aromatic nitrogens is 4. The molecule has 7 rings (SSSR count). The second kappa shape index (κ2) is 9.97. The summed E-state index contributed by atoms with van der Waals surface area (Å²) in [6.45, 7) is 3.68. The largest absolute Gasteiger partial charge is 0.309 e. The van der Waals surface area contributed by atoms with Crippen LogP contribution in [0.25, 0.3) is 61.7 Å². The highest BCUT2D eigenvalue weighted by atomic mass is 15.2. The van der Waals surface area contributed by atoms with Crippen LogP contribution in [-0.2, 0) is 0 Å². The molecule has 7 aromatic rings. The van der Waals surface area contributed by atoms with Gasteiger partial charge in [0.2, 0.25) is 5.95 Å². The SMILES string of the molecule is C=C/C=N\C=C\c1cc(-c2ccccc2)nc(-n2ccc3c2ccc2c4ccccc4n(-c4ccccc4)c23)n1. The molecule has 4 aromatic carbocycles. The van der Waals surface area contributed by atoms with Crippen molar-refractivity contribution in [2.24, 2.45) is 4.99 Å². The molecule has 0 bridgehead atoms. The highest BCUT2D eigenvalue weighted by Crippen LogP contribution is 2.37. The molecule has 0 spiro atoms. The van der Waals surface area contributed by atoms with Crippen LogP contribution in [0.3, 0.4) is 0 Å². The number of para-hydroxylation sites is 2. The summed E-state index contributed by atoms with van der Waals surface area (Å²) in [5, 5.41) is 3.58. The first-order chi connectivity index (χ1) is 19.8. The van der Waals surface area contributed by atoms with Crippen molar-refractivity contribution in [3.05, 3.63) is 140 Å². The zero-order valence-electron chi connectivity index (χ0n) is 21.7. The first-order valence-corrected chi connectivity index (χ1v) is 13.2. The fourth-order valence-corrected chi connectivity index (χ4v) is 5.33. The number of allylic oxidation sites excluding steroid dienone is 1.